The van der Waals surface area contributed by atoms with Gasteiger partial charge in [-0.2, -0.15) is 5.10 Å². The van der Waals surface area contributed by atoms with Crippen LogP contribution in [-0.2, 0) is 4.79 Å². The van der Waals surface area contributed by atoms with Gasteiger partial charge >= 0.3 is 0 Å². The SMILES string of the molecule is C/C(C=O)=C\c1ccc(-c2ncc(F)c(N3CCC(c4cn[nH]c4)C3)n2)cc1C. The van der Waals surface area contributed by atoms with E-state index in [9.17, 15) is 9.18 Å². The van der Waals surface area contributed by atoms with Crippen molar-refractivity contribution in [2.75, 3.05) is 18.0 Å². The summed E-state index contributed by atoms with van der Waals surface area (Å²) in [4.78, 5) is 21.6. The summed E-state index contributed by atoms with van der Waals surface area (Å²) < 4.78 is 14.5. The highest BCUT2D eigenvalue weighted by molar-refractivity contribution is 5.81. The van der Waals surface area contributed by atoms with Crippen LogP contribution in [0.1, 0.15) is 36.0 Å². The summed E-state index contributed by atoms with van der Waals surface area (Å²) in [6.45, 7) is 5.16. The van der Waals surface area contributed by atoms with Crippen molar-refractivity contribution in [2.24, 2.45) is 0 Å². The van der Waals surface area contributed by atoms with Crippen molar-refractivity contribution in [3.05, 3.63) is 64.9 Å². The smallest absolute Gasteiger partial charge is 0.183 e. The highest BCUT2D eigenvalue weighted by atomic mass is 19.1. The third-order valence-electron chi connectivity index (χ3n) is 5.30. The molecule has 0 aliphatic carbocycles. The predicted octanol–water partition coefficient (Wildman–Crippen LogP) is 3.91. The molecule has 0 bridgehead atoms. The maximum atomic E-state index is 14.5. The van der Waals surface area contributed by atoms with Gasteiger partial charge < -0.3 is 4.90 Å². The van der Waals surface area contributed by atoms with Gasteiger partial charge in [0.15, 0.2) is 17.5 Å². The molecular formula is C22H22FN5O. The molecule has 3 aromatic rings. The van der Waals surface area contributed by atoms with Crippen molar-refractivity contribution < 1.29 is 9.18 Å². The van der Waals surface area contributed by atoms with E-state index >= 15 is 0 Å². The molecule has 1 N–H and O–H groups in total. The second-order valence-electron chi connectivity index (χ2n) is 7.41. The number of aldehydes is 1. The molecule has 0 amide bonds. The average Bonchev–Trinajstić information content (AvgIpc) is 3.41. The zero-order chi connectivity index (χ0) is 20.4. The van der Waals surface area contributed by atoms with Crippen LogP contribution in [0.4, 0.5) is 10.2 Å². The third kappa shape index (κ3) is 3.94. The van der Waals surface area contributed by atoms with Crippen LogP contribution in [0, 0.1) is 12.7 Å². The first kappa shape index (κ1) is 19.0. The van der Waals surface area contributed by atoms with Gasteiger partial charge in [0.05, 0.1) is 12.4 Å². The molecule has 6 nitrogen and oxygen atoms in total. The number of H-pyrrole nitrogens is 1. The van der Waals surface area contributed by atoms with Crippen molar-refractivity contribution in [2.45, 2.75) is 26.2 Å². The molecule has 1 aliphatic rings. The molecule has 4 rings (SSSR count). The molecule has 29 heavy (non-hydrogen) atoms. The highest BCUT2D eigenvalue weighted by Gasteiger charge is 2.27. The number of aryl methyl sites for hydroxylation is 1. The van der Waals surface area contributed by atoms with Gasteiger partial charge in [-0.05, 0) is 54.7 Å². The van der Waals surface area contributed by atoms with E-state index in [1.54, 1.807) is 6.92 Å². The van der Waals surface area contributed by atoms with Gasteiger partial charge in [0.25, 0.3) is 0 Å². The normalized spacial score (nSPS) is 17.0. The van der Waals surface area contributed by atoms with E-state index in [1.165, 1.54) is 6.20 Å². The van der Waals surface area contributed by atoms with Gasteiger partial charge in [0, 0.05) is 30.8 Å². The quantitative estimate of drug-likeness (QED) is 0.527. The number of benzene rings is 1. The summed E-state index contributed by atoms with van der Waals surface area (Å²) >= 11 is 0. The van der Waals surface area contributed by atoms with E-state index < -0.39 is 5.82 Å². The van der Waals surface area contributed by atoms with Gasteiger partial charge in [0.1, 0.15) is 6.29 Å². The molecule has 2 aromatic heterocycles. The number of aromatic nitrogens is 4. The number of carbonyl (C=O) groups excluding carboxylic acids is 1. The lowest BCUT2D eigenvalue weighted by Crippen LogP contribution is -2.22. The summed E-state index contributed by atoms with van der Waals surface area (Å²) in [5.74, 6) is 0.707. The molecule has 1 aliphatic heterocycles. The molecule has 7 heteroatoms. The summed E-state index contributed by atoms with van der Waals surface area (Å²) in [7, 11) is 0. The molecule has 3 heterocycles. The van der Waals surface area contributed by atoms with Crippen LogP contribution in [0.2, 0.25) is 0 Å². The van der Waals surface area contributed by atoms with Crippen LogP contribution >= 0.6 is 0 Å². The van der Waals surface area contributed by atoms with Crippen molar-refractivity contribution in [1.29, 1.82) is 0 Å². The van der Waals surface area contributed by atoms with Crippen LogP contribution < -0.4 is 4.90 Å². The molecular weight excluding hydrogens is 369 g/mol. The lowest BCUT2D eigenvalue weighted by molar-refractivity contribution is -0.104. The van der Waals surface area contributed by atoms with Crippen LogP contribution in [0.15, 0.2) is 42.4 Å². The van der Waals surface area contributed by atoms with Gasteiger partial charge in [0.2, 0.25) is 0 Å². The first-order chi connectivity index (χ1) is 14.0. The minimum atomic E-state index is -0.417. The van der Waals surface area contributed by atoms with E-state index in [1.807, 2.05) is 48.5 Å². The fourth-order valence-corrected chi connectivity index (χ4v) is 3.68. The number of aromatic amines is 1. The van der Waals surface area contributed by atoms with Crippen LogP contribution in [-0.4, -0.2) is 39.5 Å². The topological polar surface area (TPSA) is 74.8 Å². The molecule has 148 valence electrons. The first-order valence-corrected chi connectivity index (χ1v) is 9.56. The van der Waals surface area contributed by atoms with E-state index in [-0.39, 0.29) is 0 Å². The standard InChI is InChI=1S/C22H22FN5O/c1-14(13-29)7-16-3-4-17(8-15(16)2)21-24-11-20(23)22(27-21)28-6-5-18(12-28)19-9-25-26-10-19/h3-4,7-11,13,18H,5-6,12H2,1-2H3,(H,25,26)/b14-7+. The van der Waals surface area contributed by atoms with Crippen LogP contribution in [0.3, 0.4) is 0 Å². The molecule has 0 radical (unpaired) electrons. The Hall–Kier alpha value is -3.35. The number of hydrogen-bond acceptors (Lipinski definition) is 5. The first-order valence-electron chi connectivity index (χ1n) is 9.56. The number of anilines is 1. The maximum Gasteiger partial charge on any atom is 0.183 e. The Labute approximate surface area is 168 Å². The molecule has 1 atom stereocenters. The molecule has 1 saturated heterocycles. The van der Waals surface area contributed by atoms with Gasteiger partial charge in [-0.1, -0.05) is 12.1 Å². The summed E-state index contributed by atoms with van der Waals surface area (Å²) in [5.41, 5.74) is 4.56. The molecule has 0 saturated carbocycles. The zero-order valence-electron chi connectivity index (χ0n) is 16.4. The minimum Gasteiger partial charge on any atom is -0.353 e. The molecule has 1 aromatic carbocycles. The third-order valence-corrected chi connectivity index (χ3v) is 5.30. The molecule has 1 unspecified atom stereocenters. The van der Waals surface area contributed by atoms with Gasteiger partial charge in [-0.25, -0.2) is 14.4 Å². The number of allylic oxidation sites excluding steroid dienone is 1. The van der Waals surface area contributed by atoms with E-state index in [2.05, 4.69) is 20.2 Å². The number of rotatable bonds is 5. The number of nitrogens with zero attached hydrogens (tertiary/aromatic N) is 4. The number of hydrogen-bond donors (Lipinski definition) is 1. The number of nitrogens with one attached hydrogen (secondary N) is 1. The Morgan fingerprint density at radius 1 is 1.34 bits per heavy atom. The Morgan fingerprint density at radius 3 is 2.93 bits per heavy atom. The number of carbonyl (C=O) groups is 1. The highest BCUT2D eigenvalue weighted by Crippen LogP contribution is 2.31. The van der Waals surface area contributed by atoms with Crippen LogP contribution in [0.5, 0.6) is 0 Å². The van der Waals surface area contributed by atoms with Crippen molar-refractivity contribution in [3.8, 4) is 11.4 Å². The van der Waals surface area contributed by atoms with E-state index in [4.69, 9.17) is 0 Å². The van der Waals surface area contributed by atoms with Crippen molar-refractivity contribution >= 4 is 18.2 Å². The Kier molecular flexibility index (Phi) is 5.20. The van der Waals surface area contributed by atoms with Gasteiger partial charge in [-0.3, -0.25) is 9.89 Å². The maximum absolute atomic E-state index is 14.5. The Balaban J connectivity index is 1.61. The Morgan fingerprint density at radius 2 is 2.21 bits per heavy atom. The fourth-order valence-electron chi connectivity index (χ4n) is 3.68. The van der Waals surface area contributed by atoms with Crippen molar-refractivity contribution in [1.82, 2.24) is 20.2 Å². The fraction of sp³-hybridized carbons (Fsp3) is 0.273. The van der Waals surface area contributed by atoms with E-state index in [0.29, 0.717) is 29.7 Å². The van der Waals surface area contributed by atoms with Crippen LogP contribution in [0.25, 0.3) is 17.5 Å². The second-order valence-corrected chi connectivity index (χ2v) is 7.41. The van der Waals surface area contributed by atoms with E-state index in [0.717, 1.165) is 41.5 Å². The molecule has 0 spiro atoms. The number of halogens is 1. The lowest BCUT2D eigenvalue weighted by Gasteiger charge is -2.18. The summed E-state index contributed by atoms with van der Waals surface area (Å²) in [6, 6.07) is 5.78. The second kappa shape index (κ2) is 7.95. The monoisotopic (exact) mass is 391 g/mol. The predicted molar refractivity (Wildman–Crippen MR) is 110 cm³/mol. The van der Waals surface area contributed by atoms with Gasteiger partial charge in [-0.15, -0.1) is 0 Å². The summed E-state index contributed by atoms with van der Waals surface area (Å²) in [5, 5.41) is 6.84. The minimum absolute atomic E-state index is 0.306. The van der Waals surface area contributed by atoms with Crippen molar-refractivity contribution in [3.63, 3.8) is 0 Å². The zero-order valence-corrected chi connectivity index (χ0v) is 16.4. The average molecular weight is 391 g/mol. The lowest BCUT2D eigenvalue weighted by atomic mass is 10.0. The Bertz CT molecular complexity index is 1060. The largest absolute Gasteiger partial charge is 0.353 e. The molecule has 1 fully saturated rings. The summed E-state index contributed by atoms with van der Waals surface area (Å²) in [6.07, 6.45) is 8.54.